The van der Waals surface area contributed by atoms with Gasteiger partial charge in [-0.3, -0.25) is 19.3 Å². The molecule has 0 bridgehead atoms. The molecular weight excluding hydrogens is 406 g/mol. The zero-order valence-corrected chi connectivity index (χ0v) is 17.1. The highest BCUT2D eigenvalue weighted by atomic mass is 32.1. The smallest absolute Gasteiger partial charge is 0.325 e. The molecule has 4 rings (SSSR count). The van der Waals surface area contributed by atoms with Crippen LogP contribution in [0.5, 0.6) is 0 Å². The first-order valence-electron chi connectivity index (χ1n) is 9.59. The molecule has 2 fully saturated rings. The molecule has 0 radical (unpaired) electrons. The highest BCUT2D eigenvalue weighted by Gasteiger charge is 2.50. The summed E-state index contributed by atoms with van der Waals surface area (Å²) in [5.41, 5.74) is -0.592. The summed E-state index contributed by atoms with van der Waals surface area (Å²) in [5, 5.41) is 7.61. The van der Waals surface area contributed by atoms with Gasteiger partial charge in [-0.15, -0.1) is 11.3 Å². The van der Waals surface area contributed by atoms with Gasteiger partial charge in [0.15, 0.2) is 5.13 Å². The Morgan fingerprint density at radius 3 is 2.77 bits per heavy atom. The van der Waals surface area contributed by atoms with Crippen molar-refractivity contribution in [1.82, 2.24) is 20.1 Å². The van der Waals surface area contributed by atoms with Crippen LogP contribution in [0.3, 0.4) is 0 Å². The van der Waals surface area contributed by atoms with Crippen LogP contribution in [0, 0.1) is 0 Å². The van der Waals surface area contributed by atoms with Gasteiger partial charge in [0.25, 0.3) is 5.91 Å². The van der Waals surface area contributed by atoms with Gasteiger partial charge in [0, 0.05) is 18.1 Å². The molecule has 5 amide bonds. The highest BCUT2D eigenvalue weighted by molar-refractivity contribution is 7.13. The first-order chi connectivity index (χ1) is 14.4. The number of aromatic nitrogens is 1. The standard InChI is InChI=1S/C20H21N5O4S/c1-20(13-6-3-2-4-7-13)17(28)25(19(29)23-20)12-15(26)24-10-5-8-14(24)16(27)22-18-21-9-11-30-18/h2-4,6-7,9,11,14H,5,8,10,12H2,1H3,(H,23,29)(H,21,22,27). The Kier molecular flexibility index (Phi) is 5.25. The van der Waals surface area contributed by atoms with E-state index in [0.717, 1.165) is 4.90 Å². The molecular formula is C20H21N5O4S. The molecule has 2 unspecified atom stereocenters. The van der Waals surface area contributed by atoms with E-state index in [-0.39, 0.29) is 5.91 Å². The number of likely N-dealkylation sites (tertiary alicyclic amines) is 1. The van der Waals surface area contributed by atoms with Crippen LogP contribution in [0.15, 0.2) is 41.9 Å². The number of benzene rings is 1. The van der Waals surface area contributed by atoms with Crippen LogP contribution >= 0.6 is 11.3 Å². The topological polar surface area (TPSA) is 112 Å². The molecule has 1 aromatic carbocycles. The van der Waals surface area contributed by atoms with E-state index in [2.05, 4.69) is 15.6 Å². The number of nitrogens with zero attached hydrogens (tertiary/aromatic N) is 3. The number of imide groups is 1. The van der Waals surface area contributed by atoms with Crippen molar-refractivity contribution in [2.24, 2.45) is 0 Å². The number of carbonyl (C=O) groups excluding carboxylic acids is 4. The Labute approximate surface area is 177 Å². The van der Waals surface area contributed by atoms with E-state index in [0.29, 0.717) is 30.1 Å². The number of amides is 5. The summed E-state index contributed by atoms with van der Waals surface area (Å²) in [4.78, 5) is 57.4. The third kappa shape index (κ3) is 3.54. The molecule has 3 heterocycles. The van der Waals surface area contributed by atoms with E-state index in [4.69, 9.17) is 0 Å². The normalized spacial score (nSPS) is 23.6. The minimum absolute atomic E-state index is 0.317. The molecule has 10 heteroatoms. The van der Waals surface area contributed by atoms with Gasteiger partial charge < -0.3 is 15.5 Å². The molecule has 30 heavy (non-hydrogen) atoms. The fourth-order valence-corrected chi connectivity index (χ4v) is 4.38. The summed E-state index contributed by atoms with van der Waals surface area (Å²) in [6.45, 7) is 1.61. The third-order valence-electron chi connectivity index (χ3n) is 5.46. The molecule has 2 aromatic rings. The van der Waals surface area contributed by atoms with Gasteiger partial charge in [0.05, 0.1) is 0 Å². The zero-order valence-electron chi connectivity index (χ0n) is 16.3. The summed E-state index contributed by atoms with van der Waals surface area (Å²) in [6, 6.07) is 7.62. The Morgan fingerprint density at radius 2 is 2.07 bits per heavy atom. The first kappa shape index (κ1) is 20.0. The van der Waals surface area contributed by atoms with E-state index in [1.54, 1.807) is 42.8 Å². The van der Waals surface area contributed by atoms with Gasteiger partial charge in [-0.2, -0.15) is 0 Å². The summed E-state index contributed by atoms with van der Waals surface area (Å²) < 4.78 is 0. The van der Waals surface area contributed by atoms with Gasteiger partial charge in [0.2, 0.25) is 11.8 Å². The molecule has 2 N–H and O–H groups in total. The second-order valence-electron chi connectivity index (χ2n) is 7.38. The highest BCUT2D eigenvalue weighted by Crippen LogP contribution is 2.29. The second-order valence-corrected chi connectivity index (χ2v) is 8.28. The monoisotopic (exact) mass is 427 g/mol. The van der Waals surface area contributed by atoms with Gasteiger partial charge in [-0.25, -0.2) is 9.78 Å². The van der Waals surface area contributed by atoms with E-state index in [9.17, 15) is 19.2 Å². The van der Waals surface area contributed by atoms with Gasteiger partial charge in [-0.05, 0) is 25.3 Å². The average Bonchev–Trinajstić information content (AvgIpc) is 3.47. The lowest BCUT2D eigenvalue weighted by Gasteiger charge is -2.26. The lowest BCUT2D eigenvalue weighted by molar-refractivity contribution is -0.141. The quantitative estimate of drug-likeness (QED) is 0.703. The van der Waals surface area contributed by atoms with Crippen LogP contribution in [0.4, 0.5) is 9.93 Å². The molecule has 9 nitrogen and oxygen atoms in total. The largest absolute Gasteiger partial charge is 0.329 e. The van der Waals surface area contributed by atoms with Crippen molar-refractivity contribution in [2.75, 3.05) is 18.4 Å². The van der Waals surface area contributed by atoms with Crippen molar-refractivity contribution in [3.8, 4) is 0 Å². The Morgan fingerprint density at radius 1 is 1.30 bits per heavy atom. The molecule has 0 spiro atoms. The van der Waals surface area contributed by atoms with E-state index in [1.165, 1.54) is 16.2 Å². The summed E-state index contributed by atoms with van der Waals surface area (Å²) in [6.07, 6.45) is 2.77. The summed E-state index contributed by atoms with van der Waals surface area (Å²) >= 11 is 1.29. The Hall–Kier alpha value is -3.27. The van der Waals surface area contributed by atoms with Crippen LogP contribution in [0.25, 0.3) is 0 Å². The van der Waals surface area contributed by atoms with Gasteiger partial charge in [0.1, 0.15) is 18.1 Å². The molecule has 156 valence electrons. The molecule has 1 aromatic heterocycles. The van der Waals surface area contributed by atoms with Crippen LogP contribution in [-0.2, 0) is 19.9 Å². The number of anilines is 1. The van der Waals surface area contributed by atoms with Crippen LogP contribution in [0.2, 0.25) is 0 Å². The molecule has 2 atom stereocenters. The molecule has 2 saturated heterocycles. The number of urea groups is 1. The Bertz CT molecular complexity index is 980. The van der Waals surface area contributed by atoms with Crippen molar-refractivity contribution >= 4 is 40.2 Å². The Balaban J connectivity index is 1.46. The van der Waals surface area contributed by atoms with Crippen molar-refractivity contribution < 1.29 is 19.2 Å². The number of thiazole rings is 1. The van der Waals surface area contributed by atoms with E-state index in [1.807, 2.05) is 6.07 Å². The molecule has 0 aliphatic carbocycles. The van der Waals surface area contributed by atoms with E-state index >= 15 is 0 Å². The van der Waals surface area contributed by atoms with Crippen LogP contribution in [0.1, 0.15) is 25.3 Å². The second kappa shape index (κ2) is 7.86. The van der Waals surface area contributed by atoms with Crippen molar-refractivity contribution in [3.63, 3.8) is 0 Å². The van der Waals surface area contributed by atoms with Crippen molar-refractivity contribution in [2.45, 2.75) is 31.3 Å². The molecule has 2 aliphatic rings. The molecule has 2 aliphatic heterocycles. The predicted molar refractivity (Wildman–Crippen MR) is 110 cm³/mol. The maximum Gasteiger partial charge on any atom is 0.325 e. The lowest BCUT2D eigenvalue weighted by Crippen LogP contribution is -2.48. The SMILES string of the molecule is CC1(c2ccccc2)NC(=O)N(CC(=O)N2CCCC2C(=O)Nc2nccs2)C1=O. The number of hydrogen-bond acceptors (Lipinski definition) is 6. The number of hydrogen-bond donors (Lipinski definition) is 2. The zero-order chi connectivity index (χ0) is 21.3. The van der Waals surface area contributed by atoms with E-state index < -0.39 is 36.0 Å². The summed E-state index contributed by atoms with van der Waals surface area (Å²) in [7, 11) is 0. The van der Waals surface area contributed by atoms with Crippen LogP contribution in [-0.4, -0.2) is 57.7 Å². The fourth-order valence-electron chi connectivity index (χ4n) is 3.85. The molecule has 0 saturated carbocycles. The van der Waals surface area contributed by atoms with Crippen molar-refractivity contribution in [1.29, 1.82) is 0 Å². The lowest BCUT2D eigenvalue weighted by atomic mass is 9.92. The fraction of sp³-hybridized carbons (Fsp3) is 0.350. The maximum absolute atomic E-state index is 13.0. The number of nitrogens with one attached hydrogen (secondary N) is 2. The van der Waals surface area contributed by atoms with Crippen molar-refractivity contribution in [3.05, 3.63) is 47.5 Å². The van der Waals surface area contributed by atoms with Crippen LogP contribution < -0.4 is 10.6 Å². The van der Waals surface area contributed by atoms with Gasteiger partial charge >= 0.3 is 6.03 Å². The number of carbonyl (C=O) groups is 4. The third-order valence-corrected chi connectivity index (χ3v) is 6.15. The minimum Gasteiger partial charge on any atom is -0.329 e. The average molecular weight is 427 g/mol. The number of rotatable bonds is 5. The minimum atomic E-state index is -1.23. The summed E-state index contributed by atoms with van der Waals surface area (Å²) in [5.74, 6) is -1.25. The maximum atomic E-state index is 13.0. The first-order valence-corrected chi connectivity index (χ1v) is 10.5. The predicted octanol–water partition coefficient (Wildman–Crippen LogP) is 1.54. The van der Waals surface area contributed by atoms with Gasteiger partial charge in [-0.1, -0.05) is 30.3 Å².